The van der Waals surface area contributed by atoms with Gasteiger partial charge in [0, 0.05) is 19.1 Å². The maximum Gasteiger partial charge on any atom is 0.211 e. The van der Waals surface area contributed by atoms with E-state index in [1.54, 1.807) is 4.31 Å². The van der Waals surface area contributed by atoms with Gasteiger partial charge < -0.3 is 5.32 Å². The number of nitrogens with one attached hydrogen (secondary N) is 1. The summed E-state index contributed by atoms with van der Waals surface area (Å²) in [6, 6.07) is 0.578. The van der Waals surface area contributed by atoms with Gasteiger partial charge in [-0.15, -0.1) is 0 Å². The third-order valence-electron chi connectivity index (χ3n) is 4.30. The minimum absolute atomic E-state index is 0.375. The molecular weight excluding hydrogens is 260 g/mol. The molecule has 0 aromatic rings. The van der Waals surface area contributed by atoms with Crippen LogP contribution in [0.25, 0.3) is 0 Å². The summed E-state index contributed by atoms with van der Waals surface area (Å²) in [5, 5.41) is 3.62. The number of sulfonamides is 1. The van der Waals surface area contributed by atoms with Crippen LogP contribution in [-0.2, 0) is 10.0 Å². The van der Waals surface area contributed by atoms with Crippen LogP contribution in [0.5, 0.6) is 0 Å². The van der Waals surface area contributed by atoms with E-state index in [1.165, 1.54) is 31.9 Å². The first-order valence-corrected chi connectivity index (χ1v) is 9.30. The Bertz CT molecular complexity index is 366. The van der Waals surface area contributed by atoms with Crippen molar-refractivity contribution in [3.05, 3.63) is 0 Å². The van der Waals surface area contributed by atoms with Gasteiger partial charge in [-0.3, -0.25) is 0 Å². The fourth-order valence-corrected chi connectivity index (χ4v) is 3.89. The monoisotopic (exact) mass is 290 g/mol. The molecule has 1 rings (SSSR count). The molecule has 1 fully saturated rings. The molecule has 0 heterocycles. The zero-order valence-electron chi connectivity index (χ0n) is 12.9. The zero-order valence-corrected chi connectivity index (χ0v) is 13.7. The Hall–Kier alpha value is -0.130. The van der Waals surface area contributed by atoms with Gasteiger partial charge in [-0.1, -0.05) is 33.6 Å². The van der Waals surface area contributed by atoms with Gasteiger partial charge in [-0.2, -0.15) is 0 Å². The van der Waals surface area contributed by atoms with E-state index in [1.807, 2.05) is 6.92 Å². The van der Waals surface area contributed by atoms with Gasteiger partial charge in [-0.05, 0) is 31.2 Å². The first-order valence-electron chi connectivity index (χ1n) is 7.46. The van der Waals surface area contributed by atoms with Crippen LogP contribution in [0.2, 0.25) is 0 Å². The van der Waals surface area contributed by atoms with Crippen LogP contribution in [0.4, 0.5) is 0 Å². The lowest BCUT2D eigenvalue weighted by atomic mass is 9.73. The van der Waals surface area contributed by atoms with Gasteiger partial charge in [0.2, 0.25) is 10.0 Å². The average molecular weight is 290 g/mol. The summed E-state index contributed by atoms with van der Waals surface area (Å²) in [5.41, 5.74) is 0.375. The van der Waals surface area contributed by atoms with Crippen LogP contribution >= 0.6 is 0 Å². The Morgan fingerprint density at radius 1 is 1.32 bits per heavy atom. The summed E-state index contributed by atoms with van der Waals surface area (Å²) < 4.78 is 24.5. The lowest BCUT2D eigenvalue weighted by Gasteiger charge is -2.39. The normalized spacial score (nSPS) is 23.7. The second-order valence-electron chi connectivity index (χ2n) is 6.35. The van der Waals surface area contributed by atoms with Crippen molar-refractivity contribution < 1.29 is 8.42 Å². The van der Waals surface area contributed by atoms with E-state index in [2.05, 4.69) is 19.2 Å². The minimum Gasteiger partial charge on any atom is -0.313 e. The van der Waals surface area contributed by atoms with E-state index in [0.29, 0.717) is 24.5 Å². The third kappa shape index (κ3) is 5.40. The van der Waals surface area contributed by atoms with Crippen LogP contribution in [-0.4, -0.2) is 44.7 Å². The highest BCUT2D eigenvalue weighted by Crippen LogP contribution is 2.35. The maximum absolute atomic E-state index is 11.5. The van der Waals surface area contributed by atoms with E-state index >= 15 is 0 Å². The summed E-state index contributed by atoms with van der Waals surface area (Å²) in [6.45, 7) is 8.64. The van der Waals surface area contributed by atoms with E-state index in [4.69, 9.17) is 0 Å². The van der Waals surface area contributed by atoms with Crippen molar-refractivity contribution in [3.63, 3.8) is 0 Å². The van der Waals surface area contributed by atoms with Gasteiger partial charge in [0.15, 0.2) is 0 Å². The molecule has 0 aromatic carbocycles. The average Bonchev–Trinajstić information content (AvgIpc) is 2.29. The fraction of sp³-hybridized carbons (Fsp3) is 1.00. The molecule has 0 saturated heterocycles. The molecular formula is C14H30N2O2S. The van der Waals surface area contributed by atoms with Crippen LogP contribution < -0.4 is 5.32 Å². The quantitative estimate of drug-likeness (QED) is 0.731. The molecule has 1 saturated carbocycles. The number of nitrogens with zero attached hydrogens (tertiary/aromatic N) is 1. The molecule has 1 unspecified atom stereocenters. The van der Waals surface area contributed by atoms with Crippen LogP contribution in [0.3, 0.4) is 0 Å². The second kappa shape index (κ2) is 7.04. The SMILES string of the molecule is CCN(CCCNC1CCCCC1(C)C)S(C)(=O)=O. The molecule has 0 amide bonds. The predicted molar refractivity (Wildman–Crippen MR) is 80.7 cm³/mol. The summed E-state index contributed by atoms with van der Waals surface area (Å²) in [7, 11) is -3.04. The van der Waals surface area contributed by atoms with Crippen molar-refractivity contribution in [3.8, 4) is 0 Å². The molecule has 0 aromatic heterocycles. The summed E-state index contributed by atoms with van der Waals surface area (Å²) in [4.78, 5) is 0. The molecule has 114 valence electrons. The van der Waals surface area contributed by atoms with Gasteiger partial charge in [-0.25, -0.2) is 12.7 Å². The van der Waals surface area contributed by atoms with Gasteiger partial charge >= 0.3 is 0 Å². The largest absolute Gasteiger partial charge is 0.313 e. The molecule has 0 bridgehead atoms. The van der Waals surface area contributed by atoms with Gasteiger partial charge in [0.1, 0.15) is 0 Å². The molecule has 0 radical (unpaired) electrons. The Labute approximate surface area is 119 Å². The highest BCUT2D eigenvalue weighted by Gasteiger charge is 2.31. The minimum atomic E-state index is -3.04. The molecule has 0 spiro atoms. The number of rotatable bonds is 7. The molecule has 1 atom stereocenters. The van der Waals surface area contributed by atoms with Gasteiger partial charge in [0.25, 0.3) is 0 Å². The maximum atomic E-state index is 11.5. The fourth-order valence-electron chi connectivity index (χ4n) is 2.96. The molecule has 1 aliphatic carbocycles. The zero-order chi connectivity index (χ0) is 14.5. The molecule has 19 heavy (non-hydrogen) atoms. The predicted octanol–water partition coefficient (Wildman–Crippen LogP) is 2.22. The molecule has 1 aliphatic rings. The molecule has 0 aliphatic heterocycles. The Balaban J connectivity index is 2.30. The Morgan fingerprint density at radius 3 is 2.53 bits per heavy atom. The molecule has 5 heteroatoms. The summed E-state index contributed by atoms with van der Waals surface area (Å²) in [6.07, 6.45) is 7.35. The van der Waals surface area contributed by atoms with E-state index in [0.717, 1.165) is 13.0 Å². The number of hydrogen-bond donors (Lipinski definition) is 1. The van der Waals surface area contributed by atoms with Crippen molar-refractivity contribution in [1.29, 1.82) is 0 Å². The summed E-state index contributed by atoms with van der Waals surface area (Å²) >= 11 is 0. The van der Waals surface area contributed by atoms with Crippen LogP contribution in [0.1, 0.15) is 52.9 Å². The highest BCUT2D eigenvalue weighted by molar-refractivity contribution is 7.88. The smallest absolute Gasteiger partial charge is 0.211 e. The Kier molecular flexibility index (Phi) is 6.27. The standard InChI is InChI=1S/C14H30N2O2S/c1-5-16(19(4,17)18)12-8-11-15-13-9-6-7-10-14(13,2)3/h13,15H,5-12H2,1-4H3. The van der Waals surface area contributed by atoms with Crippen LogP contribution in [0.15, 0.2) is 0 Å². The second-order valence-corrected chi connectivity index (χ2v) is 8.33. The first-order chi connectivity index (χ1) is 8.77. The van der Waals surface area contributed by atoms with Crippen molar-refractivity contribution in [2.75, 3.05) is 25.9 Å². The first kappa shape index (κ1) is 16.9. The van der Waals surface area contributed by atoms with Gasteiger partial charge in [0.05, 0.1) is 6.26 Å². The van der Waals surface area contributed by atoms with Crippen molar-refractivity contribution >= 4 is 10.0 Å². The van der Waals surface area contributed by atoms with E-state index in [9.17, 15) is 8.42 Å². The topological polar surface area (TPSA) is 49.4 Å². The lowest BCUT2D eigenvalue weighted by molar-refractivity contribution is 0.167. The third-order valence-corrected chi connectivity index (χ3v) is 5.68. The highest BCUT2D eigenvalue weighted by atomic mass is 32.2. The van der Waals surface area contributed by atoms with Crippen molar-refractivity contribution in [2.24, 2.45) is 5.41 Å². The van der Waals surface area contributed by atoms with E-state index in [-0.39, 0.29) is 0 Å². The van der Waals surface area contributed by atoms with E-state index < -0.39 is 10.0 Å². The molecule has 1 N–H and O–H groups in total. The Morgan fingerprint density at radius 2 is 2.00 bits per heavy atom. The summed E-state index contributed by atoms with van der Waals surface area (Å²) in [5.74, 6) is 0. The lowest BCUT2D eigenvalue weighted by Crippen LogP contribution is -2.45. The van der Waals surface area contributed by atoms with Crippen molar-refractivity contribution in [2.45, 2.75) is 58.9 Å². The van der Waals surface area contributed by atoms with Crippen molar-refractivity contribution in [1.82, 2.24) is 9.62 Å². The molecule has 4 nitrogen and oxygen atoms in total. The number of hydrogen-bond acceptors (Lipinski definition) is 3. The van der Waals surface area contributed by atoms with Crippen LogP contribution in [0, 0.1) is 5.41 Å².